The van der Waals surface area contributed by atoms with E-state index in [9.17, 15) is 4.79 Å². The molecule has 0 aromatic rings. The molecule has 0 bridgehead atoms. The van der Waals surface area contributed by atoms with Gasteiger partial charge in [0, 0.05) is 28.2 Å². The zero-order valence-electron chi connectivity index (χ0n) is 12.3. The van der Waals surface area contributed by atoms with Crippen LogP contribution in [0.5, 0.6) is 0 Å². The zero-order chi connectivity index (χ0) is 14.3. The predicted octanol–water partition coefficient (Wildman–Crippen LogP) is 3.27. The molecule has 1 amide bonds. The Morgan fingerprint density at radius 2 is 1.76 bits per heavy atom. The van der Waals surface area contributed by atoms with Crippen molar-refractivity contribution < 1.29 is 9.53 Å². The predicted molar refractivity (Wildman–Crippen MR) is 79.5 cm³/mol. The molecule has 0 aliphatic carbocycles. The number of rotatable bonds is 3. The minimum absolute atomic E-state index is 0.00463. The number of carbonyl (C=O) groups excluding carboxylic acids is 1. The van der Waals surface area contributed by atoms with Gasteiger partial charge in [-0.1, -0.05) is 25.8 Å². The monoisotopic (exact) mass is 263 g/mol. The second-order valence-electron chi connectivity index (χ2n) is 3.91. The van der Waals surface area contributed by atoms with E-state index in [2.05, 4.69) is 43.5 Å². The molecule has 104 valence electrons. The number of nitrogens with one attached hydrogen (secondary N) is 1. The Kier molecular flexibility index (Phi) is 22.9. The standard InChI is InChI=1S/C8H16S.C3H7NO.C2H6O/c1-4-7(2)5-8(3)6-9;1-3(5)4-2;1-3-2/h6-7,9H,4-5H2,1-3H3;1-2H3,(H,4,5);1-2H3. The molecule has 4 heteroatoms. The number of amides is 1. The van der Waals surface area contributed by atoms with Crippen LogP contribution in [0.1, 0.15) is 40.5 Å². The van der Waals surface area contributed by atoms with Crippen molar-refractivity contribution in [3.8, 4) is 0 Å². The van der Waals surface area contributed by atoms with Crippen molar-refractivity contribution in [3.05, 3.63) is 11.0 Å². The SMILES string of the molecule is CCC(C)CC(C)=CS.CNC(C)=O.COC. The molecule has 0 spiro atoms. The van der Waals surface area contributed by atoms with Gasteiger partial charge < -0.3 is 10.1 Å². The summed E-state index contributed by atoms with van der Waals surface area (Å²) < 4.78 is 4.25. The summed E-state index contributed by atoms with van der Waals surface area (Å²) in [5.74, 6) is 0.818. The van der Waals surface area contributed by atoms with E-state index < -0.39 is 0 Å². The lowest BCUT2D eigenvalue weighted by Gasteiger charge is -2.06. The molecule has 0 heterocycles. The molecule has 1 N–H and O–H groups in total. The van der Waals surface area contributed by atoms with E-state index in [-0.39, 0.29) is 5.91 Å². The van der Waals surface area contributed by atoms with Crippen molar-refractivity contribution in [2.45, 2.75) is 40.5 Å². The second kappa shape index (κ2) is 17.9. The van der Waals surface area contributed by atoms with Gasteiger partial charge in [-0.2, -0.15) is 12.6 Å². The Morgan fingerprint density at radius 3 is 1.94 bits per heavy atom. The van der Waals surface area contributed by atoms with Gasteiger partial charge in [0.2, 0.25) is 5.91 Å². The van der Waals surface area contributed by atoms with E-state index in [0.717, 1.165) is 5.92 Å². The fourth-order valence-electron chi connectivity index (χ4n) is 0.747. The van der Waals surface area contributed by atoms with E-state index in [1.165, 1.54) is 25.3 Å². The molecule has 17 heavy (non-hydrogen) atoms. The highest BCUT2D eigenvalue weighted by molar-refractivity contribution is 7.83. The van der Waals surface area contributed by atoms with Gasteiger partial charge in [0.15, 0.2) is 0 Å². The average molecular weight is 263 g/mol. The third-order valence-electron chi connectivity index (χ3n) is 1.94. The number of hydrogen-bond acceptors (Lipinski definition) is 3. The van der Waals surface area contributed by atoms with Crippen molar-refractivity contribution in [2.75, 3.05) is 21.3 Å². The molecule has 0 aliphatic rings. The molecular weight excluding hydrogens is 234 g/mol. The van der Waals surface area contributed by atoms with Crippen molar-refractivity contribution >= 4 is 18.5 Å². The lowest BCUT2D eigenvalue weighted by Crippen LogP contribution is -2.11. The van der Waals surface area contributed by atoms with Crippen molar-refractivity contribution in [3.63, 3.8) is 0 Å². The van der Waals surface area contributed by atoms with Crippen LogP contribution in [0.3, 0.4) is 0 Å². The van der Waals surface area contributed by atoms with Crippen molar-refractivity contribution in [1.29, 1.82) is 0 Å². The molecular formula is C13H29NO2S. The molecule has 0 fully saturated rings. The quantitative estimate of drug-likeness (QED) is 0.767. The lowest BCUT2D eigenvalue weighted by molar-refractivity contribution is -0.118. The third-order valence-corrected chi connectivity index (χ3v) is 2.38. The number of methoxy groups -OCH3 is 1. The number of allylic oxidation sites excluding steroid dienone is 1. The number of carbonyl (C=O) groups is 1. The first-order valence-electron chi connectivity index (χ1n) is 5.77. The molecule has 0 aromatic heterocycles. The van der Waals surface area contributed by atoms with Gasteiger partial charge >= 0.3 is 0 Å². The first-order valence-corrected chi connectivity index (χ1v) is 6.29. The molecule has 0 saturated heterocycles. The smallest absolute Gasteiger partial charge is 0.216 e. The highest BCUT2D eigenvalue weighted by atomic mass is 32.1. The summed E-state index contributed by atoms with van der Waals surface area (Å²) in [5.41, 5.74) is 1.38. The van der Waals surface area contributed by atoms with Crippen LogP contribution in [0.15, 0.2) is 11.0 Å². The zero-order valence-corrected chi connectivity index (χ0v) is 13.2. The summed E-state index contributed by atoms with van der Waals surface area (Å²) >= 11 is 4.07. The Hall–Kier alpha value is -0.480. The topological polar surface area (TPSA) is 38.3 Å². The van der Waals surface area contributed by atoms with E-state index in [1.54, 1.807) is 21.3 Å². The number of thiol groups is 1. The summed E-state index contributed by atoms with van der Waals surface area (Å²) in [6.07, 6.45) is 2.46. The van der Waals surface area contributed by atoms with Gasteiger partial charge in [-0.05, 0) is 24.7 Å². The van der Waals surface area contributed by atoms with E-state index >= 15 is 0 Å². The summed E-state index contributed by atoms with van der Waals surface area (Å²) in [7, 11) is 4.85. The highest BCUT2D eigenvalue weighted by Gasteiger charge is 1.97. The maximum atomic E-state index is 9.70. The molecule has 3 nitrogen and oxygen atoms in total. The van der Waals surface area contributed by atoms with Crippen LogP contribution in [0.25, 0.3) is 0 Å². The Balaban J connectivity index is -0.000000207. The molecule has 0 aromatic carbocycles. The second-order valence-corrected chi connectivity index (χ2v) is 4.17. The number of hydrogen-bond donors (Lipinski definition) is 2. The Morgan fingerprint density at radius 1 is 1.41 bits per heavy atom. The Labute approximate surface area is 112 Å². The third kappa shape index (κ3) is 31.3. The van der Waals surface area contributed by atoms with Crippen LogP contribution in [0, 0.1) is 5.92 Å². The fraction of sp³-hybridized carbons (Fsp3) is 0.769. The first-order chi connectivity index (χ1) is 7.89. The lowest BCUT2D eigenvalue weighted by atomic mass is 10.0. The molecule has 0 saturated carbocycles. The molecule has 1 unspecified atom stereocenters. The minimum atomic E-state index is 0.00463. The highest BCUT2D eigenvalue weighted by Crippen LogP contribution is 2.13. The van der Waals surface area contributed by atoms with Gasteiger partial charge in [0.25, 0.3) is 0 Å². The van der Waals surface area contributed by atoms with Gasteiger partial charge in [-0.15, -0.1) is 0 Å². The maximum absolute atomic E-state index is 9.70. The number of ether oxygens (including phenoxy) is 1. The fourth-order valence-corrected chi connectivity index (χ4v) is 0.852. The van der Waals surface area contributed by atoms with E-state index in [0.29, 0.717) is 0 Å². The molecule has 0 radical (unpaired) electrons. The van der Waals surface area contributed by atoms with E-state index in [1.807, 2.05) is 5.41 Å². The van der Waals surface area contributed by atoms with Crippen LogP contribution in [0.2, 0.25) is 0 Å². The molecule has 1 atom stereocenters. The van der Waals surface area contributed by atoms with Crippen LogP contribution >= 0.6 is 12.6 Å². The summed E-state index contributed by atoms with van der Waals surface area (Å²) in [5, 5.41) is 4.28. The minimum Gasteiger partial charge on any atom is -0.388 e. The van der Waals surface area contributed by atoms with Gasteiger partial charge in [-0.25, -0.2) is 0 Å². The van der Waals surface area contributed by atoms with Crippen LogP contribution in [-0.4, -0.2) is 27.2 Å². The molecule has 0 rings (SSSR count). The summed E-state index contributed by atoms with van der Waals surface area (Å²) in [6, 6.07) is 0. The summed E-state index contributed by atoms with van der Waals surface area (Å²) in [4.78, 5) is 9.70. The summed E-state index contributed by atoms with van der Waals surface area (Å²) in [6.45, 7) is 8.08. The van der Waals surface area contributed by atoms with Crippen molar-refractivity contribution in [1.82, 2.24) is 5.32 Å². The van der Waals surface area contributed by atoms with Crippen LogP contribution < -0.4 is 5.32 Å². The van der Waals surface area contributed by atoms with Crippen molar-refractivity contribution in [2.24, 2.45) is 5.92 Å². The normalized spacial score (nSPS) is 11.4. The maximum Gasteiger partial charge on any atom is 0.216 e. The largest absolute Gasteiger partial charge is 0.388 e. The van der Waals surface area contributed by atoms with E-state index in [4.69, 9.17) is 0 Å². The first kappa shape index (κ1) is 21.8. The van der Waals surface area contributed by atoms with Gasteiger partial charge in [0.05, 0.1) is 0 Å². The van der Waals surface area contributed by atoms with Gasteiger partial charge in [0.1, 0.15) is 0 Å². The van der Waals surface area contributed by atoms with Gasteiger partial charge in [-0.3, -0.25) is 4.79 Å². The average Bonchev–Trinajstić information content (AvgIpc) is 2.30. The molecule has 0 aliphatic heterocycles. The Bertz CT molecular complexity index is 194. The van der Waals surface area contributed by atoms with Crippen LogP contribution in [0.4, 0.5) is 0 Å². The van der Waals surface area contributed by atoms with Crippen LogP contribution in [-0.2, 0) is 9.53 Å².